The Morgan fingerprint density at radius 3 is 1.73 bits per heavy atom. The summed E-state index contributed by atoms with van der Waals surface area (Å²) in [4.78, 5) is 2.43. The summed E-state index contributed by atoms with van der Waals surface area (Å²) in [6.45, 7) is 7.13. The van der Waals surface area contributed by atoms with Gasteiger partial charge in [-0.25, -0.2) is 0 Å². The number of fused-ring (bicyclic) bond motifs is 11. The van der Waals surface area contributed by atoms with Gasteiger partial charge in [0.25, 0.3) is 0 Å². The van der Waals surface area contributed by atoms with Gasteiger partial charge in [-0.05, 0) is 139 Å². The van der Waals surface area contributed by atoms with E-state index in [0.717, 1.165) is 55.5 Å². The van der Waals surface area contributed by atoms with E-state index in [4.69, 9.17) is 4.42 Å². The van der Waals surface area contributed by atoms with Gasteiger partial charge in [0.1, 0.15) is 11.2 Å². The summed E-state index contributed by atoms with van der Waals surface area (Å²) in [5.74, 6) is 0. The molecule has 2 nitrogen and oxygen atoms in total. The van der Waals surface area contributed by atoms with Gasteiger partial charge in [-0.3, -0.25) is 0 Å². The van der Waals surface area contributed by atoms with Crippen molar-refractivity contribution in [3.63, 3.8) is 0 Å². The zero-order valence-electron chi connectivity index (χ0n) is 39.9. The lowest BCUT2D eigenvalue weighted by molar-refractivity contribution is 0.662. The van der Waals surface area contributed by atoms with Crippen molar-refractivity contribution in [1.82, 2.24) is 0 Å². The van der Waals surface area contributed by atoms with Gasteiger partial charge in [-0.15, -0.1) is 0 Å². The first kappa shape index (κ1) is 41.3. The molecule has 1 aromatic heterocycles. The molecule has 0 saturated carbocycles. The normalized spacial score (nSPS) is 15.1. The fourth-order valence-electron chi connectivity index (χ4n) is 12.5. The topological polar surface area (TPSA) is 16.4 Å². The quantitative estimate of drug-likeness (QED) is 0.158. The minimum Gasteiger partial charge on any atom is -0.455 e. The second-order valence-electron chi connectivity index (χ2n) is 20.1. The highest BCUT2D eigenvalue weighted by molar-refractivity contribution is 6.19. The lowest BCUT2D eigenvalue weighted by Gasteiger charge is -2.29. The molecule has 2 aliphatic carbocycles. The highest BCUT2D eigenvalue weighted by Crippen LogP contribution is 2.55. The number of rotatable bonds is 7. The zero-order chi connectivity index (χ0) is 47.4. The standard InChI is InChI=1S/C69H49NO/c1-68(2)60-27-12-9-22-54(60)58-26-15-24-51(66(58)68)46-33-39-50(40-34-46)70(63-29-14-11-23-56(63)57-25-16-30-64-65(57)59-42-35-45-17-7-8-20-52(45)67(59)71-64)49-37-31-44(32-38-49)47-36-41-55-53-21-10-13-28-61(53)69(3,62(55)43-47)48-18-5-4-6-19-48/h4-43H,1-3H3. The molecular formula is C69H49NO. The summed E-state index contributed by atoms with van der Waals surface area (Å²) >= 11 is 0. The van der Waals surface area contributed by atoms with Crippen molar-refractivity contribution >= 4 is 49.8 Å². The van der Waals surface area contributed by atoms with Crippen molar-refractivity contribution in [1.29, 1.82) is 0 Å². The first-order chi connectivity index (χ1) is 34.9. The average Bonchev–Trinajstić information content (AvgIpc) is 4.03. The molecule has 14 rings (SSSR count). The van der Waals surface area contributed by atoms with Crippen LogP contribution in [0.4, 0.5) is 17.1 Å². The van der Waals surface area contributed by atoms with Crippen LogP contribution in [0.3, 0.4) is 0 Å². The second kappa shape index (κ2) is 15.7. The van der Waals surface area contributed by atoms with Gasteiger partial charge >= 0.3 is 0 Å². The van der Waals surface area contributed by atoms with Crippen LogP contribution in [0, 0.1) is 0 Å². The third-order valence-electron chi connectivity index (χ3n) is 16.0. The maximum absolute atomic E-state index is 6.75. The maximum atomic E-state index is 6.75. The maximum Gasteiger partial charge on any atom is 0.143 e. The minimum atomic E-state index is -0.272. The van der Waals surface area contributed by atoms with E-state index in [2.05, 4.69) is 268 Å². The summed E-state index contributed by atoms with van der Waals surface area (Å²) in [7, 11) is 0. The van der Waals surface area contributed by atoms with Gasteiger partial charge in [-0.1, -0.05) is 208 Å². The highest BCUT2D eigenvalue weighted by atomic mass is 16.3. The van der Waals surface area contributed by atoms with E-state index in [9.17, 15) is 0 Å². The fourth-order valence-corrected chi connectivity index (χ4v) is 12.5. The van der Waals surface area contributed by atoms with E-state index >= 15 is 0 Å². The second-order valence-corrected chi connectivity index (χ2v) is 20.1. The molecule has 0 N–H and O–H groups in total. The Hall–Kier alpha value is -8.72. The van der Waals surface area contributed by atoms with Gasteiger partial charge in [0, 0.05) is 43.9 Å². The predicted molar refractivity (Wildman–Crippen MR) is 297 cm³/mol. The van der Waals surface area contributed by atoms with Crippen molar-refractivity contribution in [2.75, 3.05) is 4.90 Å². The van der Waals surface area contributed by atoms with Crippen LogP contribution < -0.4 is 4.90 Å². The molecule has 0 fully saturated rings. The lowest BCUT2D eigenvalue weighted by Crippen LogP contribution is -2.22. The molecule has 0 amide bonds. The van der Waals surface area contributed by atoms with Crippen molar-refractivity contribution < 1.29 is 4.42 Å². The van der Waals surface area contributed by atoms with Gasteiger partial charge in [0.15, 0.2) is 0 Å². The van der Waals surface area contributed by atoms with E-state index in [0.29, 0.717) is 0 Å². The molecule has 0 bridgehead atoms. The number of hydrogen-bond acceptors (Lipinski definition) is 2. The molecule has 2 aliphatic rings. The molecule has 71 heavy (non-hydrogen) atoms. The number of furan rings is 1. The van der Waals surface area contributed by atoms with Crippen molar-refractivity contribution in [3.05, 3.63) is 270 Å². The van der Waals surface area contributed by atoms with Crippen LogP contribution >= 0.6 is 0 Å². The Balaban J connectivity index is 0.915. The van der Waals surface area contributed by atoms with Crippen LogP contribution in [0.15, 0.2) is 247 Å². The Labute approximate surface area is 414 Å². The van der Waals surface area contributed by atoms with Crippen LogP contribution in [0.1, 0.15) is 48.6 Å². The van der Waals surface area contributed by atoms with Gasteiger partial charge in [0.2, 0.25) is 0 Å². The molecule has 336 valence electrons. The summed E-state index contributed by atoms with van der Waals surface area (Å²) in [5, 5.41) is 4.53. The van der Waals surface area contributed by atoms with Gasteiger partial charge < -0.3 is 9.32 Å². The molecule has 1 heterocycles. The van der Waals surface area contributed by atoms with Crippen molar-refractivity contribution in [2.24, 2.45) is 0 Å². The summed E-state index contributed by atoms with van der Waals surface area (Å²) in [6, 6.07) is 89.4. The molecule has 2 heteroatoms. The molecule has 0 radical (unpaired) electrons. The van der Waals surface area contributed by atoms with Crippen LogP contribution in [-0.4, -0.2) is 0 Å². The molecule has 0 saturated heterocycles. The van der Waals surface area contributed by atoms with E-state index < -0.39 is 0 Å². The van der Waals surface area contributed by atoms with Crippen LogP contribution in [-0.2, 0) is 10.8 Å². The molecule has 1 unspecified atom stereocenters. The summed E-state index contributed by atoms with van der Waals surface area (Å²) in [6.07, 6.45) is 0. The minimum absolute atomic E-state index is 0.124. The number of anilines is 3. The Morgan fingerprint density at radius 2 is 0.944 bits per heavy atom. The molecular weight excluding hydrogens is 859 g/mol. The Morgan fingerprint density at radius 1 is 0.366 bits per heavy atom. The largest absolute Gasteiger partial charge is 0.455 e. The molecule has 11 aromatic carbocycles. The van der Waals surface area contributed by atoms with Crippen LogP contribution in [0.5, 0.6) is 0 Å². The number of para-hydroxylation sites is 1. The monoisotopic (exact) mass is 907 g/mol. The summed E-state index contributed by atoms with van der Waals surface area (Å²) < 4.78 is 6.75. The van der Waals surface area contributed by atoms with Gasteiger partial charge in [-0.2, -0.15) is 0 Å². The Kier molecular flexibility index (Phi) is 9.10. The molecule has 0 spiro atoms. The van der Waals surface area contributed by atoms with E-state index in [1.807, 2.05) is 0 Å². The van der Waals surface area contributed by atoms with E-state index in [1.165, 1.54) is 77.7 Å². The molecule has 12 aromatic rings. The average molecular weight is 908 g/mol. The number of nitrogens with zero attached hydrogens (tertiary/aromatic N) is 1. The number of hydrogen-bond donors (Lipinski definition) is 0. The Bertz CT molecular complexity index is 4080. The molecule has 1 atom stereocenters. The van der Waals surface area contributed by atoms with Crippen molar-refractivity contribution in [2.45, 2.75) is 31.6 Å². The highest BCUT2D eigenvalue weighted by Gasteiger charge is 2.41. The van der Waals surface area contributed by atoms with Crippen LogP contribution in [0.25, 0.3) is 88.3 Å². The van der Waals surface area contributed by atoms with Crippen molar-refractivity contribution in [3.8, 4) is 55.6 Å². The zero-order valence-corrected chi connectivity index (χ0v) is 39.9. The van der Waals surface area contributed by atoms with E-state index in [1.54, 1.807) is 0 Å². The van der Waals surface area contributed by atoms with Gasteiger partial charge in [0.05, 0.1) is 5.69 Å². The first-order valence-electron chi connectivity index (χ1n) is 24.8. The van der Waals surface area contributed by atoms with Crippen LogP contribution in [0.2, 0.25) is 0 Å². The third kappa shape index (κ3) is 6.14. The summed E-state index contributed by atoms with van der Waals surface area (Å²) in [5.41, 5.74) is 23.8. The lowest BCUT2D eigenvalue weighted by atomic mass is 9.74. The first-order valence-corrected chi connectivity index (χ1v) is 24.8. The SMILES string of the molecule is CC1(C)c2ccccc2-c2cccc(-c3ccc(N(c4ccc(-c5ccc6c(c5)C(C)(c5ccccc5)c5ccccc5-6)cc4)c4ccccc4-c4cccc5oc6c7ccccc7ccc6c45)cc3)c21. The third-order valence-corrected chi connectivity index (χ3v) is 16.0. The van der Waals surface area contributed by atoms with E-state index in [-0.39, 0.29) is 10.8 Å². The predicted octanol–water partition coefficient (Wildman–Crippen LogP) is 18.9. The molecule has 0 aliphatic heterocycles. The smallest absolute Gasteiger partial charge is 0.143 e. The number of benzene rings is 11. The fraction of sp³-hybridized carbons (Fsp3) is 0.0725.